The van der Waals surface area contributed by atoms with Crippen LogP contribution in [0, 0.1) is 20.8 Å². The first-order valence-electron chi connectivity index (χ1n) is 10.8. The van der Waals surface area contributed by atoms with Gasteiger partial charge in [0.1, 0.15) is 16.4 Å². The van der Waals surface area contributed by atoms with Gasteiger partial charge in [-0.2, -0.15) is 0 Å². The minimum atomic E-state index is -0.936. The maximum absolute atomic E-state index is 13.3. The van der Waals surface area contributed by atoms with Crippen LogP contribution in [0.4, 0.5) is 5.13 Å². The summed E-state index contributed by atoms with van der Waals surface area (Å²) in [4.78, 5) is 44.6. The number of hydrogen-bond donors (Lipinski definition) is 1. The summed E-state index contributed by atoms with van der Waals surface area (Å²) in [6.45, 7) is 5.37. The van der Waals surface area contributed by atoms with Crippen molar-refractivity contribution in [1.29, 1.82) is 0 Å². The number of anilines is 1. The molecule has 1 fully saturated rings. The number of ketones is 1. The van der Waals surface area contributed by atoms with Gasteiger partial charge in [0.2, 0.25) is 0 Å². The van der Waals surface area contributed by atoms with Gasteiger partial charge in [-0.1, -0.05) is 41.2 Å². The molecule has 2 heterocycles. The van der Waals surface area contributed by atoms with Gasteiger partial charge < -0.3 is 14.6 Å². The number of carbonyl (C=O) groups excluding carboxylic acids is 3. The van der Waals surface area contributed by atoms with Gasteiger partial charge in [0.05, 0.1) is 31.5 Å². The minimum Gasteiger partial charge on any atom is -0.507 e. The number of nitrogens with zero attached hydrogens (tertiary/aromatic N) is 2. The largest absolute Gasteiger partial charge is 0.507 e. The van der Waals surface area contributed by atoms with Crippen molar-refractivity contribution in [1.82, 2.24) is 4.98 Å². The normalized spacial score (nSPS) is 17.1. The maximum atomic E-state index is 13.3. The number of amides is 1. The van der Waals surface area contributed by atoms with E-state index < -0.39 is 23.7 Å². The molecule has 35 heavy (non-hydrogen) atoms. The van der Waals surface area contributed by atoms with Gasteiger partial charge in [0, 0.05) is 5.56 Å². The molecule has 180 valence electrons. The molecule has 0 spiro atoms. The summed E-state index contributed by atoms with van der Waals surface area (Å²) in [7, 11) is 2.81. The minimum absolute atomic E-state index is 0.0594. The van der Waals surface area contributed by atoms with Gasteiger partial charge in [-0.15, -0.1) is 0 Å². The van der Waals surface area contributed by atoms with E-state index in [1.165, 1.54) is 12.0 Å². The van der Waals surface area contributed by atoms with E-state index in [1.807, 2.05) is 26.0 Å². The molecule has 1 aliphatic heterocycles. The third-order valence-electron chi connectivity index (χ3n) is 5.87. The topological polar surface area (TPSA) is 106 Å². The molecule has 8 nitrogen and oxygen atoms in total. The first kappa shape index (κ1) is 24.2. The fourth-order valence-corrected chi connectivity index (χ4v) is 5.05. The number of aromatic nitrogens is 1. The highest BCUT2D eigenvalue weighted by Gasteiger charge is 2.48. The van der Waals surface area contributed by atoms with Gasteiger partial charge >= 0.3 is 11.9 Å². The van der Waals surface area contributed by atoms with Crippen molar-refractivity contribution in [2.24, 2.45) is 0 Å². The molecule has 0 radical (unpaired) electrons. The molecule has 9 heteroatoms. The number of rotatable bonds is 5. The zero-order valence-electron chi connectivity index (χ0n) is 19.9. The second kappa shape index (κ2) is 9.34. The van der Waals surface area contributed by atoms with Crippen molar-refractivity contribution in [3.63, 3.8) is 0 Å². The number of thiazole rings is 1. The van der Waals surface area contributed by atoms with Crippen LogP contribution >= 0.6 is 11.3 Å². The lowest BCUT2D eigenvalue weighted by molar-refractivity contribution is -0.132. The Morgan fingerprint density at radius 1 is 1.06 bits per heavy atom. The summed E-state index contributed by atoms with van der Waals surface area (Å²) in [6.07, 6.45) is 0. The molecule has 0 aliphatic carbocycles. The quantitative estimate of drug-likeness (QED) is 0.242. The second-order valence-electron chi connectivity index (χ2n) is 8.17. The van der Waals surface area contributed by atoms with Crippen LogP contribution in [-0.4, -0.2) is 42.0 Å². The number of aliphatic hydroxyl groups excluding tert-OH is 1. The van der Waals surface area contributed by atoms with Crippen LogP contribution in [0.1, 0.15) is 43.7 Å². The Kier molecular flexibility index (Phi) is 6.45. The Bertz CT molecular complexity index is 1370. The van der Waals surface area contributed by atoms with Crippen LogP contribution in [0.2, 0.25) is 0 Å². The molecule has 1 amide bonds. The van der Waals surface area contributed by atoms with Crippen LogP contribution in [0.25, 0.3) is 5.76 Å². The number of ether oxygens (including phenoxy) is 2. The Morgan fingerprint density at radius 3 is 2.34 bits per heavy atom. The third kappa shape index (κ3) is 4.19. The molecule has 1 aliphatic rings. The van der Waals surface area contributed by atoms with Crippen LogP contribution in [-0.2, 0) is 14.3 Å². The summed E-state index contributed by atoms with van der Waals surface area (Å²) in [5, 5.41) is 11.4. The lowest BCUT2D eigenvalue weighted by atomic mass is 9.94. The van der Waals surface area contributed by atoms with Gasteiger partial charge in [-0.3, -0.25) is 14.5 Å². The smallest absolute Gasteiger partial charge is 0.350 e. The first-order chi connectivity index (χ1) is 16.7. The fourth-order valence-electron chi connectivity index (χ4n) is 4.04. The van der Waals surface area contributed by atoms with E-state index >= 15 is 0 Å². The number of esters is 1. The lowest BCUT2D eigenvalue weighted by Gasteiger charge is -2.23. The summed E-state index contributed by atoms with van der Waals surface area (Å²) in [6, 6.07) is 11.4. The lowest BCUT2D eigenvalue weighted by Crippen LogP contribution is -2.29. The molecule has 4 rings (SSSR count). The number of carbonyl (C=O) groups is 3. The third-order valence-corrected chi connectivity index (χ3v) is 7.00. The molecule has 0 unspecified atom stereocenters. The number of methoxy groups -OCH3 is 2. The second-order valence-corrected chi connectivity index (χ2v) is 9.14. The van der Waals surface area contributed by atoms with Crippen molar-refractivity contribution in [2.75, 3.05) is 19.1 Å². The van der Waals surface area contributed by atoms with Crippen LogP contribution in [0.5, 0.6) is 5.75 Å². The molecule has 1 N–H and O–H groups in total. The van der Waals surface area contributed by atoms with Crippen molar-refractivity contribution in [2.45, 2.75) is 26.8 Å². The monoisotopic (exact) mass is 492 g/mol. The number of aliphatic hydroxyl groups is 1. The summed E-state index contributed by atoms with van der Waals surface area (Å²) >= 11 is 0.960. The van der Waals surface area contributed by atoms with Crippen LogP contribution in [0.15, 0.2) is 48.0 Å². The Hall–Kier alpha value is -3.98. The molecule has 1 atom stereocenters. The van der Waals surface area contributed by atoms with E-state index in [2.05, 4.69) is 4.98 Å². The van der Waals surface area contributed by atoms with Crippen molar-refractivity contribution >= 4 is 39.9 Å². The van der Waals surface area contributed by atoms with Crippen LogP contribution < -0.4 is 9.64 Å². The molecular formula is C26H24N2O6S. The summed E-state index contributed by atoms with van der Waals surface area (Å²) < 4.78 is 10.1. The number of aryl methyl sites for hydroxylation is 3. The van der Waals surface area contributed by atoms with Crippen molar-refractivity contribution < 1.29 is 29.0 Å². The Balaban J connectivity index is 1.93. The SMILES string of the molecule is COC(=O)c1sc(N2C(=O)C(=O)/C(=C(/O)c3ccc(OC)c(C)c3)[C@H]2c2ccc(C)cc2)nc1C. The predicted molar refractivity (Wildman–Crippen MR) is 132 cm³/mol. The fraction of sp³-hybridized carbons (Fsp3) is 0.231. The zero-order valence-corrected chi connectivity index (χ0v) is 20.7. The van der Waals surface area contributed by atoms with Gasteiger partial charge in [0.25, 0.3) is 5.78 Å². The highest BCUT2D eigenvalue weighted by Crippen LogP contribution is 2.44. The Morgan fingerprint density at radius 2 is 1.74 bits per heavy atom. The zero-order chi connectivity index (χ0) is 25.4. The summed E-state index contributed by atoms with van der Waals surface area (Å²) in [5.74, 6) is -1.93. The van der Waals surface area contributed by atoms with Gasteiger partial charge in [-0.05, 0) is 50.1 Å². The molecule has 1 saturated heterocycles. The standard InChI is InChI=1S/C26H24N2O6S/c1-13-6-8-16(9-7-13)20-19(21(29)17-10-11-18(33-4)14(2)12-17)22(30)24(31)28(20)26-27-15(3)23(35-26)25(32)34-5/h6-12,20,29H,1-5H3/b21-19+/t20-/m1/s1. The molecule has 0 bridgehead atoms. The van der Waals surface area contributed by atoms with E-state index in [0.29, 0.717) is 22.6 Å². The number of Topliss-reactive ketones (excluding diaryl/α,β-unsaturated/α-hetero) is 1. The van der Waals surface area contributed by atoms with Crippen LogP contribution in [0.3, 0.4) is 0 Å². The average molecular weight is 493 g/mol. The van der Waals surface area contributed by atoms with E-state index in [0.717, 1.165) is 22.5 Å². The van der Waals surface area contributed by atoms with E-state index in [4.69, 9.17) is 9.47 Å². The summed E-state index contributed by atoms with van der Waals surface area (Å²) in [5.41, 5.74) is 3.08. The molecule has 2 aromatic carbocycles. The highest BCUT2D eigenvalue weighted by molar-refractivity contribution is 7.17. The molecule has 0 saturated carbocycles. The van der Waals surface area contributed by atoms with E-state index in [9.17, 15) is 19.5 Å². The van der Waals surface area contributed by atoms with Crippen molar-refractivity contribution in [3.8, 4) is 5.75 Å². The first-order valence-corrected chi connectivity index (χ1v) is 11.6. The van der Waals surface area contributed by atoms with Gasteiger partial charge in [0.15, 0.2) is 5.13 Å². The maximum Gasteiger partial charge on any atom is 0.350 e. The number of benzene rings is 2. The van der Waals surface area contributed by atoms with Crippen molar-refractivity contribution in [3.05, 3.63) is 80.9 Å². The predicted octanol–water partition coefficient (Wildman–Crippen LogP) is 4.49. The Labute approximate surface area is 206 Å². The average Bonchev–Trinajstić information content (AvgIpc) is 3.35. The van der Waals surface area contributed by atoms with E-state index in [-0.39, 0.29) is 21.3 Å². The van der Waals surface area contributed by atoms with E-state index in [1.54, 1.807) is 44.4 Å². The molecule has 3 aromatic rings. The molecular weight excluding hydrogens is 468 g/mol. The highest BCUT2D eigenvalue weighted by atomic mass is 32.1. The number of hydrogen-bond acceptors (Lipinski definition) is 8. The molecule has 1 aromatic heterocycles. The van der Waals surface area contributed by atoms with Gasteiger partial charge in [-0.25, -0.2) is 9.78 Å².